The third kappa shape index (κ3) is 3.55. The van der Waals surface area contributed by atoms with Crippen LogP contribution in [0.1, 0.15) is 21.7 Å². The Morgan fingerprint density at radius 3 is 2.80 bits per heavy atom. The van der Waals surface area contributed by atoms with Crippen molar-refractivity contribution in [3.63, 3.8) is 0 Å². The molecule has 25 heavy (non-hydrogen) atoms. The molecule has 1 aliphatic heterocycles. The third-order valence-corrected chi connectivity index (χ3v) is 5.50. The molecule has 4 rings (SSSR count). The number of aryl methyl sites for hydroxylation is 1. The van der Waals surface area contributed by atoms with E-state index in [0.717, 1.165) is 49.3 Å². The molecule has 0 bridgehead atoms. The lowest BCUT2D eigenvalue weighted by atomic mass is 10.1. The smallest absolute Gasteiger partial charge is 0.254 e. The molecule has 0 saturated carbocycles. The third-order valence-electron chi connectivity index (χ3n) is 4.59. The number of thiophene rings is 1. The standard InChI is InChI=1S/C19H20N4OS/c1-13-10-14(12-25-13)11-23-8-4-16-17(5-9-23)21-18(22-19(16)24)15-2-6-20-7-3-15/h2-3,6-7,10,12H,4-5,8-9,11H2,1H3,(H,21,22,24). The summed E-state index contributed by atoms with van der Waals surface area (Å²) in [5.74, 6) is 0.632. The van der Waals surface area contributed by atoms with Gasteiger partial charge < -0.3 is 4.98 Å². The summed E-state index contributed by atoms with van der Waals surface area (Å²) >= 11 is 1.79. The second-order valence-corrected chi connectivity index (χ2v) is 7.53. The van der Waals surface area contributed by atoms with Crippen LogP contribution in [-0.4, -0.2) is 32.9 Å². The van der Waals surface area contributed by atoms with E-state index < -0.39 is 0 Å². The molecule has 0 aromatic carbocycles. The highest BCUT2D eigenvalue weighted by molar-refractivity contribution is 7.10. The SMILES string of the molecule is Cc1cc(CN2CCc3nc(-c4ccncc4)[nH]c(=O)c3CC2)cs1. The second-order valence-electron chi connectivity index (χ2n) is 6.42. The highest BCUT2D eigenvalue weighted by Gasteiger charge is 2.19. The Balaban J connectivity index is 1.57. The maximum Gasteiger partial charge on any atom is 0.254 e. The van der Waals surface area contributed by atoms with Crippen LogP contribution in [0.25, 0.3) is 11.4 Å². The summed E-state index contributed by atoms with van der Waals surface area (Å²) in [7, 11) is 0. The lowest BCUT2D eigenvalue weighted by molar-refractivity contribution is 0.279. The largest absolute Gasteiger partial charge is 0.306 e. The molecule has 0 aliphatic carbocycles. The lowest BCUT2D eigenvalue weighted by Gasteiger charge is -2.18. The van der Waals surface area contributed by atoms with Gasteiger partial charge in [-0.3, -0.25) is 14.7 Å². The van der Waals surface area contributed by atoms with E-state index in [9.17, 15) is 4.79 Å². The van der Waals surface area contributed by atoms with E-state index in [0.29, 0.717) is 5.82 Å². The fourth-order valence-electron chi connectivity index (χ4n) is 3.30. The van der Waals surface area contributed by atoms with Crippen molar-refractivity contribution in [2.45, 2.75) is 26.3 Å². The zero-order valence-corrected chi connectivity index (χ0v) is 15.0. The van der Waals surface area contributed by atoms with Gasteiger partial charge in [0.05, 0.1) is 5.69 Å². The van der Waals surface area contributed by atoms with E-state index in [4.69, 9.17) is 4.98 Å². The number of H-pyrrole nitrogens is 1. The Labute approximate surface area is 150 Å². The maximum absolute atomic E-state index is 12.6. The molecule has 5 nitrogen and oxygen atoms in total. The fourth-order valence-corrected chi connectivity index (χ4v) is 4.00. The summed E-state index contributed by atoms with van der Waals surface area (Å²) in [5.41, 5.74) is 4.00. The predicted octanol–water partition coefficient (Wildman–Crippen LogP) is 2.80. The molecule has 0 saturated heterocycles. The van der Waals surface area contributed by atoms with Crippen LogP contribution < -0.4 is 5.56 Å². The molecular formula is C19H20N4OS. The summed E-state index contributed by atoms with van der Waals surface area (Å²) in [5, 5.41) is 2.22. The molecule has 6 heteroatoms. The van der Waals surface area contributed by atoms with E-state index in [1.807, 2.05) is 12.1 Å². The summed E-state index contributed by atoms with van der Waals surface area (Å²) < 4.78 is 0. The van der Waals surface area contributed by atoms with Crippen LogP contribution in [0, 0.1) is 6.92 Å². The van der Waals surface area contributed by atoms with Crippen molar-refractivity contribution in [2.75, 3.05) is 13.1 Å². The Hall–Kier alpha value is -2.31. The van der Waals surface area contributed by atoms with Gasteiger partial charge in [-0.05, 0) is 42.5 Å². The van der Waals surface area contributed by atoms with Gasteiger partial charge in [0.1, 0.15) is 5.82 Å². The van der Waals surface area contributed by atoms with Gasteiger partial charge in [-0.1, -0.05) is 0 Å². The van der Waals surface area contributed by atoms with Gasteiger partial charge in [0.25, 0.3) is 5.56 Å². The van der Waals surface area contributed by atoms with E-state index in [1.165, 1.54) is 10.4 Å². The van der Waals surface area contributed by atoms with Crippen LogP contribution >= 0.6 is 11.3 Å². The van der Waals surface area contributed by atoms with Gasteiger partial charge in [0, 0.05) is 54.5 Å². The summed E-state index contributed by atoms with van der Waals surface area (Å²) in [6, 6.07) is 5.98. The lowest BCUT2D eigenvalue weighted by Crippen LogP contribution is -2.26. The summed E-state index contributed by atoms with van der Waals surface area (Å²) in [4.78, 5) is 28.0. The van der Waals surface area contributed by atoms with E-state index in [-0.39, 0.29) is 5.56 Å². The normalized spacial score (nSPS) is 14.9. The van der Waals surface area contributed by atoms with Crippen LogP contribution in [0.2, 0.25) is 0 Å². The molecular weight excluding hydrogens is 332 g/mol. The zero-order valence-electron chi connectivity index (χ0n) is 14.2. The molecule has 4 heterocycles. The molecule has 0 atom stereocenters. The van der Waals surface area contributed by atoms with Crippen molar-refractivity contribution in [2.24, 2.45) is 0 Å². The number of hydrogen-bond donors (Lipinski definition) is 1. The second kappa shape index (κ2) is 6.90. The highest BCUT2D eigenvalue weighted by atomic mass is 32.1. The average Bonchev–Trinajstić information content (AvgIpc) is 2.91. The number of aromatic amines is 1. The molecule has 0 unspecified atom stereocenters. The summed E-state index contributed by atoms with van der Waals surface area (Å²) in [6.45, 7) is 4.89. The zero-order chi connectivity index (χ0) is 17.2. The minimum atomic E-state index is -0.00922. The van der Waals surface area contributed by atoms with Gasteiger partial charge in [-0.2, -0.15) is 0 Å². The van der Waals surface area contributed by atoms with Crippen molar-refractivity contribution in [3.8, 4) is 11.4 Å². The monoisotopic (exact) mass is 352 g/mol. The number of fused-ring (bicyclic) bond motifs is 1. The van der Waals surface area contributed by atoms with Gasteiger partial charge in [0.2, 0.25) is 0 Å². The van der Waals surface area contributed by atoms with Crippen LogP contribution in [0.4, 0.5) is 0 Å². The highest BCUT2D eigenvalue weighted by Crippen LogP contribution is 2.19. The van der Waals surface area contributed by atoms with Gasteiger partial charge in [0.15, 0.2) is 0 Å². The van der Waals surface area contributed by atoms with Gasteiger partial charge in [-0.25, -0.2) is 4.98 Å². The molecule has 1 N–H and O–H groups in total. The number of pyridine rings is 1. The molecule has 0 fully saturated rings. The molecule has 3 aromatic heterocycles. The minimum absolute atomic E-state index is 0.00922. The molecule has 0 amide bonds. The van der Waals surface area contributed by atoms with Crippen molar-refractivity contribution < 1.29 is 0 Å². The number of rotatable bonds is 3. The van der Waals surface area contributed by atoms with Crippen molar-refractivity contribution >= 4 is 11.3 Å². The first kappa shape index (κ1) is 16.2. The van der Waals surface area contributed by atoms with Crippen molar-refractivity contribution in [3.05, 3.63) is 68.0 Å². The molecule has 128 valence electrons. The van der Waals surface area contributed by atoms with E-state index in [1.54, 1.807) is 23.7 Å². The number of nitrogens with zero attached hydrogens (tertiary/aromatic N) is 3. The van der Waals surface area contributed by atoms with Crippen LogP contribution in [0.3, 0.4) is 0 Å². The first-order chi connectivity index (χ1) is 12.2. The number of aromatic nitrogens is 3. The maximum atomic E-state index is 12.6. The quantitative estimate of drug-likeness (QED) is 0.787. The molecule has 0 radical (unpaired) electrons. The first-order valence-electron chi connectivity index (χ1n) is 8.48. The Morgan fingerprint density at radius 1 is 1.24 bits per heavy atom. The fraction of sp³-hybridized carbons (Fsp3) is 0.316. The summed E-state index contributed by atoms with van der Waals surface area (Å²) in [6.07, 6.45) is 4.98. The van der Waals surface area contributed by atoms with Gasteiger partial charge >= 0.3 is 0 Å². The Kier molecular flexibility index (Phi) is 4.46. The molecule has 1 aliphatic rings. The van der Waals surface area contributed by atoms with Crippen molar-refractivity contribution in [1.29, 1.82) is 0 Å². The number of nitrogens with one attached hydrogen (secondary N) is 1. The molecule has 3 aromatic rings. The Morgan fingerprint density at radius 2 is 2.04 bits per heavy atom. The van der Waals surface area contributed by atoms with Crippen molar-refractivity contribution in [1.82, 2.24) is 19.9 Å². The topological polar surface area (TPSA) is 61.9 Å². The molecule has 0 spiro atoms. The average molecular weight is 352 g/mol. The van der Waals surface area contributed by atoms with Gasteiger partial charge in [-0.15, -0.1) is 11.3 Å². The predicted molar refractivity (Wildman–Crippen MR) is 99.8 cm³/mol. The minimum Gasteiger partial charge on any atom is -0.306 e. The van der Waals surface area contributed by atoms with E-state index in [2.05, 4.69) is 33.2 Å². The first-order valence-corrected chi connectivity index (χ1v) is 9.36. The van der Waals surface area contributed by atoms with Crippen LogP contribution in [0.5, 0.6) is 0 Å². The van der Waals surface area contributed by atoms with Crippen LogP contribution in [-0.2, 0) is 19.4 Å². The number of hydrogen-bond acceptors (Lipinski definition) is 5. The van der Waals surface area contributed by atoms with E-state index >= 15 is 0 Å². The van der Waals surface area contributed by atoms with Crippen LogP contribution in [0.15, 0.2) is 40.8 Å². The Bertz CT molecular complexity index is 932.